The second kappa shape index (κ2) is 12.3. The molecule has 0 atom stereocenters. The summed E-state index contributed by atoms with van der Waals surface area (Å²) < 4.78 is 0. The molecule has 9 rings (SSSR count). The van der Waals surface area contributed by atoms with Crippen molar-refractivity contribution >= 4 is 55.2 Å². The fourth-order valence-corrected chi connectivity index (χ4v) is 6.91. The van der Waals surface area contributed by atoms with Crippen molar-refractivity contribution in [1.29, 1.82) is 5.26 Å². The molecule has 0 fully saturated rings. The summed E-state index contributed by atoms with van der Waals surface area (Å²) in [6.07, 6.45) is 3.60. The number of hydrogen-bond acceptors (Lipinski definition) is 5. The molecule has 7 nitrogen and oxygen atoms in total. The molecule has 52 heavy (non-hydrogen) atoms. The summed E-state index contributed by atoms with van der Waals surface area (Å²) in [5, 5.41) is 13.7. The summed E-state index contributed by atoms with van der Waals surface area (Å²) in [6.45, 7) is 15.4. The van der Waals surface area contributed by atoms with Gasteiger partial charge in [0.25, 0.3) is 11.6 Å². The zero-order valence-electron chi connectivity index (χ0n) is 27.4. The lowest BCUT2D eigenvalue weighted by atomic mass is 9.95. The van der Waals surface area contributed by atoms with Gasteiger partial charge in [-0.3, -0.25) is 9.97 Å². The van der Waals surface area contributed by atoms with Gasteiger partial charge in [-0.15, -0.1) is 9.97 Å². The molecule has 238 valence electrons. The predicted molar refractivity (Wildman–Crippen MR) is 207 cm³/mol. The van der Waals surface area contributed by atoms with Crippen LogP contribution in [-0.4, -0.2) is 19.9 Å². The second-order valence-electron chi connectivity index (χ2n) is 12.4. The Morgan fingerprint density at radius 3 is 1.35 bits per heavy atom. The van der Waals surface area contributed by atoms with Gasteiger partial charge in [0.05, 0.1) is 11.6 Å². The quantitative estimate of drug-likeness (QED) is 0.138. The van der Waals surface area contributed by atoms with E-state index in [4.69, 9.17) is 23.1 Å². The van der Waals surface area contributed by atoms with Gasteiger partial charge in [-0.2, -0.15) is 5.26 Å². The fraction of sp³-hybridized carbons (Fsp3) is 0. The lowest BCUT2D eigenvalue weighted by molar-refractivity contribution is 1.37. The smallest absolute Gasteiger partial charge is 0.270 e. The fourth-order valence-electron chi connectivity index (χ4n) is 6.91. The van der Waals surface area contributed by atoms with Gasteiger partial charge in [-0.05, 0) is 88.0 Å². The lowest BCUT2D eigenvalue weighted by Gasteiger charge is -2.11. The summed E-state index contributed by atoms with van der Waals surface area (Å²) in [6, 6.07) is 43.9. The highest BCUT2D eigenvalue weighted by atomic mass is 14.9. The van der Waals surface area contributed by atoms with Gasteiger partial charge in [-0.25, -0.2) is 0 Å². The Kier molecular flexibility index (Phi) is 7.15. The van der Waals surface area contributed by atoms with E-state index >= 15 is 0 Å². The maximum absolute atomic E-state index is 10.1. The highest BCUT2D eigenvalue weighted by Gasteiger charge is 2.17. The van der Waals surface area contributed by atoms with Crippen molar-refractivity contribution in [2.45, 2.75) is 0 Å². The highest BCUT2D eigenvalue weighted by molar-refractivity contribution is 6.11. The Morgan fingerprint density at radius 2 is 0.923 bits per heavy atom. The number of aromatic nitrogens is 4. The van der Waals surface area contributed by atoms with E-state index in [2.05, 4.69) is 25.7 Å². The minimum absolute atomic E-state index is 0.312. The van der Waals surface area contributed by atoms with Gasteiger partial charge < -0.3 is 9.69 Å². The van der Waals surface area contributed by atoms with Gasteiger partial charge in [0.1, 0.15) is 11.0 Å². The van der Waals surface area contributed by atoms with Crippen LogP contribution in [0.5, 0.6) is 0 Å². The molecular formula is C45H23N7. The zero-order chi connectivity index (χ0) is 35.2. The van der Waals surface area contributed by atoms with E-state index in [0.717, 1.165) is 66.1 Å². The molecule has 9 aromatic rings. The van der Waals surface area contributed by atoms with Crippen molar-refractivity contribution in [1.82, 2.24) is 19.9 Å². The van der Waals surface area contributed by atoms with Crippen molar-refractivity contribution in [2.75, 3.05) is 0 Å². The summed E-state index contributed by atoms with van der Waals surface area (Å²) in [5.74, 6) is 0.625. The van der Waals surface area contributed by atoms with Gasteiger partial charge >= 0.3 is 0 Å². The van der Waals surface area contributed by atoms with Crippen molar-refractivity contribution in [3.8, 4) is 50.6 Å². The first-order valence-corrected chi connectivity index (χ1v) is 16.5. The number of pyridine rings is 4. The van der Waals surface area contributed by atoms with Crippen LogP contribution in [0.15, 0.2) is 140 Å². The summed E-state index contributed by atoms with van der Waals surface area (Å²) in [7, 11) is 0. The van der Waals surface area contributed by atoms with E-state index in [0.29, 0.717) is 39.3 Å². The number of nitrogens with zero attached hydrogens (tertiary/aromatic N) is 7. The summed E-state index contributed by atoms with van der Waals surface area (Å²) in [4.78, 5) is 26.4. The van der Waals surface area contributed by atoms with Crippen LogP contribution in [0.3, 0.4) is 0 Å². The Bertz CT molecular complexity index is 2840. The first-order valence-electron chi connectivity index (χ1n) is 16.5. The average molecular weight is 662 g/mol. The van der Waals surface area contributed by atoms with Gasteiger partial charge in [0.15, 0.2) is 11.0 Å². The minimum Gasteiger partial charge on any atom is -0.361 e. The van der Waals surface area contributed by atoms with Gasteiger partial charge in [-0.1, -0.05) is 85.9 Å². The molecule has 0 saturated heterocycles. The Labute approximate surface area is 298 Å². The number of hydrogen-bond donors (Lipinski definition) is 0. The van der Waals surface area contributed by atoms with E-state index in [1.807, 2.05) is 127 Å². The number of benzene rings is 5. The van der Waals surface area contributed by atoms with Crippen LogP contribution in [-0.2, 0) is 0 Å². The van der Waals surface area contributed by atoms with Gasteiger partial charge in [0, 0.05) is 45.1 Å². The third-order valence-electron chi connectivity index (χ3n) is 9.36. The van der Waals surface area contributed by atoms with Crippen molar-refractivity contribution in [2.24, 2.45) is 0 Å². The molecule has 5 aromatic carbocycles. The first kappa shape index (κ1) is 30.3. The van der Waals surface area contributed by atoms with Crippen LogP contribution in [0, 0.1) is 24.5 Å². The van der Waals surface area contributed by atoms with Gasteiger partial charge in [0.2, 0.25) is 0 Å². The monoisotopic (exact) mass is 661 g/mol. The number of nitriles is 1. The van der Waals surface area contributed by atoms with Crippen LogP contribution < -0.4 is 0 Å². The van der Waals surface area contributed by atoms with Crippen molar-refractivity contribution in [3.63, 3.8) is 0 Å². The average Bonchev–Trinajstić information content (AvgIpc) is 3.22. The molecule has 0 aliphatic carbocycles. The summed E-state index contributed by atoms with van der Waals surface area (Å²) >= 11 is 0. The predicted octanol–water partition coefficient (Wildman–Crippen LogP) is 11.5. The molecular weight excluding hydrogens is 639 g/mol. The molecule has 7 heteroatoms. The Balaban J connectivity index is 1.15. The van der Waals surface area contributed by atoms with Crippen LogP contribution in [0.1, 0.15) is 5.56 Å². The highest BCUT2D eigenvalue weighted by Crippen LogP contribution is 2.38. The first-order chi connectivity index (χ1) is 25.6. The van der Waals surface area contributed by atoms with Crippen molar-refractivity contribution in [3.05, 3.63) is 168 Å². The van der Waals surface area contributed by atoms with E-state index in [1.165, 1.54) is 0 Å². The SMILES string of the molecule is [C-]#[N+]c1cc(-c2ccccc2)c2ccc3cc(-c4cc(C#N)cc(-c5cnc6c(ccc7c(-c8ccccc8)cc([N+]#[C-])nc76)c5)c4)cnc3c2n1. The van der Waals surface area contributed by atoms with Crippen LogP contribution in [0.2, 0.25) is 0 Å². The maximum atomic E-state index is 10.1. The number of rotatable bonds is 4. The molecule has 0 aliphatic rings. The molecule has 4 heterocycles. The van der Waals surface area contributed by atoms with Crippen LogP contribution in [0.25, 0.3) is 97.8 Å². The van der Waals surface area contributed by atoms with Crippen molar-refractivity contribution < 1.29 is 0 Å². The van der Waals surface area contributed by atoms with E-state index in [9.17, 15) is 5.26 Å². The zero-order valence-corrected chi connectivity index (χ0v) is 27.4. The van der Waals surface area contributed by atoms with E-state index < -0.39 is 0 Å². The minimum atomic E-state index is 0.312. The second-order valence-corrected chi connectivity index (χ2v) is 12.4. The molecule has 0 radical (unpaired) electrons. The molecule has 0 spiro atoms. The molecule has 4 aromatic heterocycles. The Morgan fingerprint density at radius 1 is 0.462 bits per heavy atom. The summed E-state index contributed by atoms with van der Waals surface area (Å²) in [5.41, 5.74) is 10.5. The lowest BCUT2D eigenvalue weighted by Crippen LogP contribution is -1.92. The maximum Gasteiger partial charge on any atom is 0.270 e. The third-order valence-corrected chi connectivity index (χ3v) is 9.36. The molecule has 0 aliphatic heterocycles. The normalized spacial score (nSPS) is 11.0. The Hall–Kier alpha value is -7.79. The van der Waals surface area contributed by atoms with Crippen LogP contribution >= 0.6 is 0 Å². The molecule has 0 saturated carbocycles. The van der Waals surface area contributed by atoms with E-state index in [-0.39, 0.29) is 0 Å². The largest absolute Gasteiger partial charge is 0.361 e. The molecule has 0 bridgehead atoms. The molecule has 0 N–H and O–H groups in total. The van der Waals surface area contributed by atoms with E-state index in [1.54, 1.807) is 12.4 Å². The van der Waals surface area contributed by atoms with Crippen LogP contribution in [0.4, 0.5) is 11.6 Å². The number of fused-ring (bicyclic) bond motifs is 6. The topological polar surface area (TPSA) is 84.1 Å². The standard InChI is InChI=1S/C45H23N7/c1-47-40-22-38(28-9-5-3-6-10-28)36-15-13-30-19-34(25-49-42(30)44(36)51-40)32-17-27(24-46)18-33(21-32)35-20-31-14-16-37-39(29-11-7-4-8-12-29)23-41(48-2)52-45(37)43(31)50-26-35/h3-23,25-26H. The molecule has 0 unspecified atom stereocenters. The molecule has 0 amide bonds. The third kappa shape index (κ3) is 5.13.